The maximum atomic E-state index is 12.5. The number of carbonyl (C=O) groups excluding carboxylic acids is 3. The second kappa shape index (κ2) is 8.82. The van der Waals surface area contributed by atoms with Crippen LogP contribution in [0.3, 0.4) is 0 Å². The number of carbonyl (C=O) groups is 3. The molecule has 1 aromatic rings. The summed E-state index contributed by atoms with van der Waals surface area (Å²) in [7, 11) is 1.54. The molecule has 0 atom stereocenters. The average Bonchev–Trinajstić information content (AvgIpc) is 2.99. The van der Waals surface area contributed by atoms with E-state index in [4.69, 9.17) is 16.3 Å². The van der Waals surface area contributed by atoms with E-state index in [0.717, 1.165) is 0 Å². The van der Waals surface area contributed by atoms with Gasteiger partial charge >= 0.3 is 0 Å². The first-order chi connectivity index (χ1) is 12.0. The van der Waals surface area contributed by atoms with Crippen molar-refractivity contribution in [2.45, 2.75) is 13.3 Å². The van der Waals surface area contributed by atoms with Gasteiger partial charge in [0.1, 0.15) is 13.2 Å². The number of halogens is 1. The first kappa shape index (κ1) is 19.2. The Morgan fingerprint density at radius 2 is 2.12 bits per heavy atom. The van der Waals surface area contributed by atoms with E-state index in [-0.39, 0.29) is 37.5 Å². The Balaban J connectivity index is 2.02. The molecule has 1 aliphatic heterocycles. The summed E-state index contributed by atoms with van der Waals surface area (Å²) in [5, 5.41) is 0.523. The molecule has 0 bridgehead atoms. The smallest absolute Gasteiger partial charge is 0.248 e. The maximum Gasteiger partial charge on any atom is 0.248 e. The van der Waals surface area contributed by atoms with E-state index in [1.807, 2.05) is 0 Å². The Kier molecular flexibility index (Phi) is 6.78. The lowest BCUT2D eigenvalue weighted by Crippen LogP contribution is -2.43. The molecule has 136 valence electrons. The highest BCUT2D eigenvalue weighted by atomic mass is 35.5. The van der Waals surface area contributed by atoms with Gasteiger partial charge in [0.05, 0.1) is 13.2 Å². The molecule has 0 aliphatic carbocycles. The zero-order valence-corrected chi connectivity index (χ0v) is 15.2. The minimum absolute atomic E-state index is 0.0101. The van der Waals surface area contributed by atoms with Crippen LogP contribution in [0.25, 0.3) is 0 Å². The molecule has 0 saturated carbocycles. The van der Waals surface area contributed by atoms with Crippen LogP contribution < -0.4 is 4.90 Å². The zero-order valence-electron chi connectivity index (χ0n) is 14.4. The molecule has 0 aromatic heterocycles. The number of amides is 3. The molecular formula is C17H22ClN3O4. The van der Waals surface area contributed by atoms with E-state index in [0.29, 0.717) is 30.3 Å². The first-order valence-electron chi connectivity index (χ1n) is 8.06. The van der Waals surface area contributed by atoms with E-state index >= 15 is 0 Å². The summed E-state index contributed by atoms with van der Waals surface area (Å²) in [4.78, 5) is 41.1. The lowest BCUT2D eigenvalue weighted by atomic mass is 10.3. The number of nitrogens with zero attached hydrogens (tertiary/aromatic N) is 3. The fourth-order valence-electron chi connectivity index (χ4n) is 2.57. The van der Waals surface area contributed by atoms with Crippen molar-refractivity contribution >= 4 is 35.0 Å². The largest absolute Gasteiger partial charge is 0.383 e. The molecule has 0 spiro atoms. The van der Waals surface area contributed by atoms with Gasteiger partial charge in [-0.15, -0.1) is 0 Å². The predicted octanol–water partition coefficient (Wildman–Crippen LogP) is 1.36. The Labute approximate surface area is 152 Å². The van der Waals surface area contributed by atoms with Crippen molar-refractivity contribution in [3.8, 4) is 0 Å². The number of rotatable bonds is 7. The molecule has 7 nitrogen and oxygen atoms in total. The van der Waals surface area contributed by atoms with Crippen LogP contribution >= 0.6 is 11.6 Å². The van der Waals surface area contributed by atoms with Crippen LogP contribution in [0.1, 0.15) is 13.3 Å². The Morgan fingerprint density at radius 1 is 1.36 bits per heavy atom. The van der Waals surface area contributed by atoms with Gasteiger partial charge in [0.2, 0.25) is 17.7 Å². The summed E-state index contributed by atoms with van der Waals surface area (Å²) in [5.41, 5.74) is 0.647. The number of ether oxygens (including phenoxy) is 1. The molecule has 1 aromatic carbocycles. The normalized spacial score (nSPS) is 14.1. The van der Waals surface area contributed by atoms with E-state index < -0.39 is 0 Å². The highest BCUT2D eigenvalue weighted by Crippen LogP contribution is 2.23. The SMILES string of the molecule is CCC(=O)N(CCOC)CC(=O)N1CC(=O)N(c2cccc(Cl)c2)C1. The van der Waals surface area contributed by atoms with Crippen LogP contribution in [0, 0.1) is 0 Å². The van der Waals surface area contributed by atoms with Crippen molar-refractivity contribution in [2.24, 2.45) is 0 Å². The fourth-order valence-corrected chi connectivity index (χ4v) is 2.75. The molecule has 8 heteroatoms. The molecular weight excluding hydrogens is 346 g/mol. The van der Waals surface area contributed by atoms with Crippen LogP contribution in [0.15, 0.2) is 24.3 Å². The monoisotopic (exact) mass is 367 g/mol. The van der Waals surface area contributed by atoms with Gasteiger partial charge in [-0.3, -0.25) is 19.3 Å². The number of benzene rings is 1. The minimum atomic E-state index is -0.268. The van der Waals surface area contributed by atoms with Crippen LogP contribution in [-0.2, 0) is 19.1 Å². The molecule has 1 saturated heterocycles. The second-order valence-electron chi connectivity index (χ2n) is 5.70. The molecule has 1 heterocycles. The van der Waals surface area contributed by atoms with Crippen LogP contribution in [0.4, 0.5) is 5.69 Å². The number of hydrogen-bond donors (Lipinski definition) is 0. The van der Waals surface area contributed by atoms with E-state index in [1.165, 1.54) is 14.7 Å². The van der Waals surface area contributed by atoms with Crippen LogP contribution in [0.5, 0.6) is 0 Å². The number of hydrogen-bond acceptors (Lipinski definition) is 4. The summed E-state index contributed by atoms with van der Waals surface area (Å²) >= 11 is 5.96. The lowest BCUT2D eigenvalue weighted by molar-refractivity contribution is -0.140. The third kappa shape index (κ3) is 4.93. The summed E-state index contributed by atoms with van der Waals surface area (Å²) in [5.74, 6) is -0.570. The summed E-state index contributed by atoms with van der Waals surface area (Å²) in [6.45, 7) is 2.51. The molecule has 25 heavy (non-hydrogen) atoms. The van der Waals surface area contributed by atoms with Gasteiger partial charge in [0.15, 0.2) is 0 Å². The topological polar surface area (TPSA) is 70.2 Å². The fraction of sp³-hybridized carbons (Fsp3) is 0.471. The van der Waals surface area contributed by atoms with Gasteiger partial charge < -0.3 is 14.5 Å². The quantitative estimate of drug-likeness (QED) is 0.729. The Bertz CT molecular complexity index is 653. The second-order valence-corrected chi connectivity index (χ2v) is 6.13. The maximum absolute atomic E-state index is 12.5. The lowest BCUT2D eigenvalue weighted by Gasteiger charge is -2.24. The number of anilines is 1. The highest BCUT2D eigenvalue weighted by Gasteiger charge is 2.32. The van der Waals surface area contributed by atoms with Gasteiger partial charge in [-0.2, -0.15) is 0 Å². The van der Waals surface area contributed by atoms with Crippen LogP contribution in [0.2, 0.25) is 5.02 Å². The minimum Gasteiger partial charge on any atom is -0.383 e. The van der Waals surface area contributed by atoms with Gasteiger partial charge in [-0.05, 0) is 18.2 Å². The first-order valence-corrected chi connectivity index (χ1v) is 8.44. The predicted molar refractivity (Wildman–Crippen MR) is 94.3 cm³/mol. The Morgan fingerprint density at radius 3 is 2.76 bits per heavy atom. The highest BCUT2D eigenvalue weighted by molar-refractivity contribution is 6.31. The van der Waals surface area contributed by atoms with E-state index in [9.17, 15) is 14.4 Å². The van der Waals surface area contributed by atoms with Crippen molar-refractivity contribution in [3.05, 3.63) is 29.3 Å². The molecule has 1 fully saturated rings. The molecule has 1 aliphatic rings. The third-order valence-electron chi connectivity index (χ3n) is 3.96. The summed E-state index contributed by atoms with van der Waals surface area (Å²) < 4.78 is 4.98. The van der Waals surface area contributed by atoms with Crippen molar-refractivity contribution in [2.75, 3.05) is 44.9 Å². The molecule has 3 amide bonds. The van der Waals surface area contributed by atoms with Crippen LogP contribution in [-0.4, -0.2) is 67.5 Å². The van der Waals surface area contributed by atoms with Gasteiger partial charge in [-0.1, -0.05) is 24.6 Å². The Hall–Kier alpha value is -2.12. The summed E-state index contributed by atoms with van der Waals surface area (Å²) in [6.07, 6.45) is 0.310. The number of methoxy groups -OCH3 is 1. The van der Waals surface area contributed by atoms with Crippen molar-refractivity contribution in [1.82, 2.24) is 9.80 Å². The van der Waals surface area contributed by atoms with Gasteiger partial charge in [0, 0.05) is 30.8 Å². The van der Waals surface area contributed by atoms with E-state index in [1.54, 1.807) is 38.3 Å². The molecule has 0 unspecified atom stereocenters. The van der Waals surface area contributed by atoms with Crippen molar-refractivity contribution < 1.29 is 19.1 Å². The van der Waals surface area contributed by atoms with Crippen molar-refractivity contribution in [3.63, 3.8) is 0 Å². The third-order valence-corrected chi connectivity index (χ3v) is 4.19. The standard InChI is InChI=1S/C17H22ClN3O4/c1-3-15(22)19(7-8-25-2)10-16(23)20-11-17(24)21(12-20)14-6-4-5-13(18)9-14/h4-6,9H,3,7-8,10-12H2,1-2H3. The van der Waals surface area contributed by atoms with Gasteiger partial charge in [-0.25, -0.2) is 0 Å². The molecule has 0 N–H and O–H groups in total. The average molecular weight is 368 g/mol. The molecule has 0 radical (unpaired) electrons. The van der Waals surface area contributed by atoms with Crippen molar-refractivity contribution in [1.29, 1.82) is 0 Å². The summed E-state index contributed by atoms with van der Waals surface area (Å²) in [6, 6.07) is 6.92. The van der Waals surface area contributed by atoms with Gasteiger partial charge in [0.25, 0.3) is 0 Å². The zero-order chi connectivity index (χ0) is 18.4. The van der Waals surface area contributed by atoms with E-state index in [2.05, 4.69) is 0 Å². The molecule has 2 rings (SSSR count).